The van der Waals surface area contributed by atoms with Crippen LogP contribution in [0, 0.1) is 6.92 Å². The highest BCUT2D eigenvalue weighted by Crippen LogP contribution is 2.17. The number of aromatic nitrogens is 1. The first-order valence-corrected chi connectivity index (χ1v) is 7.55. The Bertz CT molecular complexity index is 670. The lowest BCUT2D eigenvalue weighted by Crippen LogP contribution is -2.28. The monoisotopic (exact) mass is 319 g/mol. The normalized spacial score (nSPS) is 10.1. The molecule has 0 spiro atoms. The van der Waals surface area contributed by atoms with E-state index in [1.54, 1.807) is 30.5 Å². The quantitative estimate of drug-likeness (QED) is 0.855. The zero-order valence-corrected chi connectivity index (χ0v) is 13.2. The number of anilines is 1. The van der Waals surface area contributed by atoms with Gasteiger partial charge in [-0.25, -0.2) is 4.98 Å². The van der Waals surface area contributed by atoms with Crippen molar-refractivity contribution < 1.29 is 14.3 Å². The Balaban J connectivity index is 1.80. The van der Waals surface area contributed by atoms with Crippen LogP contribution in [0.4, 0.5) is 5.13 Å². The van der Waals surface area contributed by atoms with E-state index in [2.05, 4.69) is 15.6 Å². The highest BCUT2D eigenvalue weighted by atomic mass is 32.1. The summed E-state index contributed by atoms with van der Waals surface area (Å²) in [5.74, 6) is 0.0488. The molecule has 7 heteroatoms. The number of aryl methyl sites for hydroxylation is 1. The Labute approximate surface area is 132 Å². The number of amides is 2. The van der Waals surface area contributed by atoms with Crippen LogP contribution in [0.15, 0.2) is 30.5 Å². The Morgan fingerprint density at radius 3 is 2.77 bits per heavy atom. The summed E-state index contributed by atoms with van der Waals surface area (Å²) in [4.78, 5) is 28.9. The van der Waals surface area contributed by atoms with Gasteiger partial charge < -0.3 is 15.4 Å². The molecule has 2 aromatic rings. The van der Waals surface area contributed by atoms with Gasteiger partial charge in [-0.15, -0.1) is 11.3 Å². The van der Waals surface area contributed by atoms with Gasteiger partial charge in [0.2, 0.25) is 5.91 Å². The number of rotatable bonds is 6. The molecular weight excluding hydrogens is 302 g/mol. The average molecular weight is 319 g/mol. The fourth-order valence-corrected chi connectivity index (χ4v) is 2.49. The maximum atomic E-state index is 12.0. The van der Waals surface area contributed by atoms with Crippen molar-refractivity contribution in [3.05, 3.63) is 40.9 Å². The first kappa shape index (κ1) is 16.0. The maximum Gasteiger partial charge on any atom is 0.255 e. The van der Waals surface area contributed by atoms with Crippen LogP contribution in [0.1, 0.15) is 21.7 Å². The number of hydrogen-bond acceptors (Lipinski definition) is 5. The second-order valence-electron chi connectivity index (χ2n) is 4.53. The van der Waals surface area contributed by atoms with E-state index in [0.29, 0.717) is 16.4 Å². The van der Waals surface area contributed by atoms with E-state index in [1.165, 1.54) is 18.4 Å². The van der Waals surface area contributed by atoms with Crippen molar-refractivity contribution >= 4 is 28.3 Å². The molecule has 0 fully saturated rings. The number of carbonyl (C=O) groups is 2. The fraction of sp³-hybridized carbons (Fsp3) is 0.267. The van der Waals surface area contributed by atoms with E-state index in [-0.39, 0.29) is 24.8 Å². The lowest BCUT2D eigenvalue weighted by molar-refractivity contribution is -0.116. The van der Waals surface area contributed by atoms with Crippen molar-refractivity contribution in [1.29, 1.82) is 0 Å². The molecule has 0 aliphatic heterocycles. The third-order valence-corrected chi connectivity index (χ3v) is 3.69. The zero-order valence-electron chi connectivity index (χ0n) is 12.4. The van der Waals surface area contributed by atoms with E-state index >= 15 is 0 Å². The van der Waals surface area contributed by atoms with Gasteiger partial charge in [-0.2, -0.15) is 0 Å². The molecule has 0 saturated carbocycles. The molecule has 1 aromatic carbocycles. The molecular formula is C15H17N3O3S. The minimum absolute atomic E-state index is 0.180. The Morgan fingerprint density at radius 1 is 1.32 bits per heavy atom. The summed E-state index contributed by atoms with van der Waals surface area (Å²) in [6, 6.07) is 6.94. The molecule has 2 amide bonds. The van der Waals surface area contributed by atoms with Gasteiger partial charge >= 0.3 is 0 Å². The van der Waals surface area contributed by atoms with Crippen molar-refractivity contribution in [3.8, 4) is 5.75 Å². The summed E-state index contributed by atoms with van der Waals surface area (Å²) >= 11 is 1.41. The number of hydrogen-bond donors (Lipinski definition) is 2. The van der Waals surface area contributed by atoms with Crippen molar-refractivity contribution in [2.75, 3.05) is 19.0 Å². The minimum Gasteiger partial charge on any atom is -0.496 e. The first-order chi connectivity index (χ1) is 10.6. The summed E-state index contributed by atoms with van der Waals surface area (Å²) in [5, 5.41) is 5.96. The molecule has 116 valence electrons. The Morgan fingerprint density at radius 2 is 2.09 bits per heavy atom. The van der Waals surface area contributed by atoms with Crippen LogP contribution in [0.3, 0.4) is 0 Å². The minimum atomic E-state index is -0.268. The van der Waals surface area contributed by atoms with E-state index in [9.17, 15) is 9.59 Å². The largest absolute Gasteiger partial charge is 0.496 e. The second-order valence-corrected chi connectivity index (χ2v) is 5.77. The molecule has 1 heterocycles. The van der Waals surface area contributed by atoms with Crippen LogP contribution in [0.2, 0.25) is 0 Å². The molecule has 1 aromatic heterocycles. The lowest BCUT2D eigenvalue weighted by atomic mass is 10.2. The third-order valence-electron chi connectivity index (χ3n) is 2.86. The standard InChI is InChI=1S/C15H17N3O3S/c1-10-9-17-15(22-10)18-13(19)7-8-16-14(20)11-5-3-4-6-12(11)21-2/h3-6,9H,7-8H2,1-2H3,(H,16,20)(H,17,18,19). The van der Waals surface area contributed by atoms with Crippen molar-refractivity contribution in [2.24, 2.45) is 0 Å². The van der Waals surface area contributed by atoms with E-state index in [0.717, 1.165) is 4.88 Å². The van der Waals surface area contributed by atoms with E-state index < -0.39 is 0 Å². The predicted molar refractivity (Wildman–Crippen MR) is 85.4 cm³/mol. The van der Waals surface area contributed by atoms with E-state index in [1.807, 2.05) is 6.92 Å². The van der Waals surface area contributed by atoms with Gasteiger partial charge in [0.25, 0.3) is 5.91 Å². The summed E-state index contributed by atoms with van der Waals surface area (Å²) in [6.07, 6.45) is 1.88. The van der Waals surface area contributed by atoms with Crippen LogP contribution in [0.5, 0.6) is 5.75 Å². The second kappa shape index (κ2) is 7.56. The number of carbonyl (C=O) groups excluding carboxylic acids is 2. The number of nitrogens with zero attached hydrogens (tertiary/aromatic N) is 1. The van der Waals surface area contributed by atoms with Crippen molar-refractivity contribution in [3.63, 3.8) is 0 Å². The highest BCUT2D eigenvalue weighted by Gasteiger charge is 2.11. The number of thiazole rings is 1. The molecule has 0 aliphatic carbocycles. The number of benzene rings is 1. The van der Waals surface area contributed by atoms with Gasteiger partial charge in [-0.1, -0.05) is 12.1 Å². The van der Waals surface area contributed by atoms with Crippen LogP contribution in [0.25, 0.3) is 0 Å². The summed E-state index contributed by atoms with van der Waals surface area (Å²) in [5.41, 5.74) is 0.445. The molecule has 22 heavy (non-hydrogen) atoms. The number of ether oxygens (including phenoxy) is 1. The maximum absolute atomic E-state index is 12.0. The first-order valence-electron chi connectivity index (χ1n) is 6.73. The summed E-state index contributed by atoms with van der Waals surface area (Å²) < 4.78 is 5.13. The molecule has 0 saturated heterocycles. The molecule has 6 nitrogen and oxygen atoms in total. The van der Waals surface area contributed by atoms with Gasteiger partial charge in [0, 0.05) is 24.0 Å². The predicted octanol–water partition coefficient (Wildman–Crippen LogP) is 2.22. The Hall–Kier alpha value is -2.41. The fourth-order valence-electron chi connectivity index (χ4n) is 1.81. The lowest BCUT2D eigenvalue weighted by Gasteiger charge is -2.08. The average Bonchev–Trinajstić information content (AvgIpc) is 2.92. The highest BCUT2D eigenvalue weighted by molar-refractivity contribution is 7.15. The molecule has 0 bridgehead atoms. The van der Waals surface area contributed by atoms with Crippen LogP contribution in [-0.2, 0) is 4.79 Å². The molecule has 0 atom stereocenters. The van der Waals surface area contributed by atoms with Gasteiger partial charge in [0.15, 0.2) is 5.13 Å². The number of nitrogens with one attached hydrogen (secondary N) is 2. The molecule has 2 rings (SSSR count). The van der Waals surface area contributed by atoms with Crippen LogP contribution < -0.4 is 15.4 Å². The molecule has 0 aliphatic rings. The van der Waals surface area contributed by atoms with E-state index in [4.69, 9.17) is 4.74 Å². The molecule has 0 radical (unpaired) electrons. The summed E-state index contributed by atoms with van der Waals surface area (Å²) in [6.45, 7) is 2.16. The zero-order chi connectivity index (χ0) is 15.9. The number of para-hydroxylation sites is 1. The topological polar surface area (TPSA) is 80.3 Å². The Kier molecular flexibility index (Phi) is 5.48. The molecule has 0 unspecified atom stereocenters. The third kappa shape index (κ3) is 4.29. The van der Waals surface area contributed by atoms with Gasteiger partial charge in [-0.3, -0.25) is 9.59 Å². The SMILES string of the molecule is COc1ccccc1C(=O)NCCC(=O)Nc1ncc(C)s1. The van der Waals surface area contributed by atoms with Crippen molar-refractivity contribution in [2.45, 2.75) is 13.3 Å². The van der Waals surface area contributed by atoms with Gasteiger partial charge in [0.1, 0.15) is 5.75 Å². The van der Waals surface area contributed by atoms with Crippen LogP contribution >= 0.6 is 11.3 Å². The number of methoxy groups -OCH3 is 1. The molecule has 2 N–H and O–H groups in total. The van der Waals surface area contributed by atoms with Gasteiger partial charge in [-0.05, 0) is 19.1 Å². The smallest absolute Gasteiger partial charge is 0.255 e. The summed E-state index contributed by atoms with van der Waals surface area (Å²) in [7, 11) is 1.51. The van der Waals surface area contributed by atoms with Crippen LogP contribution in [-0.4, -0.2) is 30.5 Å². The van der Waals surface area contributed by atoms with Gasteiger partial charge in [0.05, 0.1) is 12.7 Å². The van der Waals surface area contributed by atoms with Crippen molar-refractivity contribution in [1.82, 2.24) is 10.3 Å².